The van der Waals surface area contributed by atoms with Gasteiger partial charge in [-0.05, 0) is 56.6 Å². The average Bonchev–Trinajstić information content (AvgIpc) is 3.18. The van der Waals surface area contributed by atoms with Crippen molar-refractivity contribution in [3.63, 3.8) is 0 Å². The minimum Gasteiger partial charge on any atom is -0.492 e. The van der Waals surface area contributed by atoms with Crippen molar-refractivity contribution in [2.75, 3.05) is 27.5 Å². The molecule has 0 bridgehead atoms. The standard InChI is InChI=1S/C24H29NO5/c1-15(2)30-19-7-5-16(6-8-19)11-18(26)13-20-22-17(9-10-25(20)3)12-21-23(24(22)27-4)29-14-28-21/h5-8,12,15,20H,9-11,13-14H2,1-4H3. The van der Waals surface area contributed by atoms with Crippen LogP contribution in [-0.2, 0) is 17.6 Å². The number of nitrogens with zero attached hydrogens (tertiary/aromatic N) is 1. The normalized spacial score (nSPS) is 17.7. The zero-order valence-corrected chi connectivity index (χ0v) is 18.1. The predicted octanol–water partition coefficient (Wildman–Crippen LogP) is 3.94. The highest BCUT2D eigenvalue weighted by atomic mass is 16.7. The van der Waals surface area contributed by atoms with Gasteiger partial charge in [0.1, 0.15) is 11.5 Å². The van der Waals surface area contributed by atoms with Crippen LogP contribution in [0.2, 0.25) is 0 Å². The van der Waals surface area contributed by atoms with Crippen LogP contribution in [0, 0.1) is 0 Å². The van der Waals surface area contributed by atoms with Crippen molar-refractivity contribution in [2.45, 2.75) is 45.3 Å². The van der Waals surface area contributed by atoms with E-state index in [4.69, 9.17) is 18.9 Å². The Hall–Kier alpha value is -2.73. The average molecular weight is 411 g/mol. The second-order valence-corrected chi connectivity index (χ2v) is 8.19. The van der Waals surface area contributed by atoms with Gasteiger partial charge < -0.3 is 18.9 Å². The summed E-state index contributed by atoms with van der Waals surface area (Å²) in [5.41, 5.74) is 3.21. The summed E-state index contributed by atoms with van der Waals surface area (Å²) in [6, 6.07) is 9.77. The Morgan fingerprint density at radius 3 is 2.70 bits per heavy atom. The first-order chi connectivity index (χ1) is 14.5. The lowest BCUT2D eigenvalue weighted by atomic mass is 9.87. The van der Waals surface area contributed by atoms with Crippen LogP contribution in [0.1, 0.15) is 43.0 Å². The summed E-state index contributed by atoms with van der Waals surface area (Å²) >= 11 is 0. The number of rotatable bonds is 7. The van der Waals surface area contributed by atoms with Crippen LogP contribution in [0.4, 0.5) is 0 Å². The fraction of sp³-hybridized carbons (Fsp3) is 0.458. The van der Waals surface area contributed by atoms with Gasteiger partial charge in [0.2, 0.25) is 12.5 Å². The molecule has 0 saturated heterocycles. The second-order valence-electron chi connectivity index (χ2n) is 8.19. The van der Waals surface area contributed by atoms with Crippen LogP contribution in [-0.4, -0.2) is 44.3 Å². The molecule has 6 nitrogen and oxygen atoms in total. The van der Waals surface area contributed by atoms with Crippen molar-refractivity contribution in [2.24, 2.45) is 0 Å². The number of carbonyl (C=O) groups is 1. The molecule has 0 saturated carbocycles. The molecule has 2 aliphatic rings. The van der Waals surface area contributed by atoms with E-state index < -0.39 is 0 Å². The fourth-order valence-electron chi connectivity index (χ4n) is 4.26. The smallest absolute Gasteiger partial charge is 0.231 e. The summed E-state index contributed by atoms with van der Waals surface area (Å²) in [7, 11) is 3.70. The zero-order valence-electron chi connectivity index (χ0n) is 18.1. The van der Waals surface area contributed by atoms with Crippen molar-refractivity contribution >= 4 is 5.78 Å². The lowest BCUT2D eigenvalue weighted by molar-refractivity contribution is -0.119. The third kappa shape index (κ3) is 4.10. The van der Waals surface area contributed by atoms with Crippen molar-refractivity contribution in [3.8, 4) is 23.0 Å². The van der Waals surface area contributed by atoms with Gasteiger partial charge in [-0.25, -0.2) is 0 Å². The number of methoxy groups -OCH3 is 1. The van der Waals surface area contributed by atoms with Crippen LogP contribution < -0.4 is 18.9 Å². The topological polar surface area (TPSA) is 57.2 Å². The third-order valence-electron chi connectivity index (χ3n) is 5.66. The van der Waals surface area contributed by atoms with Gasteiger partial charge in [0.05, 0.1) is 13.2 Å². The number of hydrogen-bond acceptors (Lipinski definition) is 6. The van der Waals surface area contributed by atoms with E-state index in [-0.39, 0.29) is 24.7 Å². The zero-order chi connectivity index (χ0) is 21.3. The number of Topliss-reactive ketones (excluding diaryl/α,β-unsaturated/α-hetero) is 1. The number of fused-ring (bicyclic) bond motifs is 2. The first-order valence-corrected chi connectivity index (χ1v) is 10.4. The molecule has 2 heterocycles. The van der Waals surface area contributed by atoms with Crippen molar-refractivity contribution in [1.29, 1.82) is 0 Å². The van der Waals surface area contributed by atoms with Crippen LogP contribution in [0.5, 0.6) is 23.0 Å². The summed E-state index contributed by atoms with van der Waals surface area (Å²) < 4.78 is 22.6. The Morgan fingerprint density at radius 2 is 2.00 bits per heavy atom. The molecule has 0 aromatic heterocycles. The fourth-order valence-corrected chi connectivity index (χ4v) is 4.26. The number of carbonyl (C=O) groups excluding carboxylic acids is 1. The molecule has 0 aliphatic carbocycles. The highest BCUT2D eigenvalue weighted by Gasteiger charge is 2.34. The molecular weight excluding hydrogens is 382 g/mol. The van der Waals surface area contributed by atoms with Crippen LogP contribution in [0.25, 0.3) is 0 Å². The van der Waals surface area contributed by atoms with E-state index in [0.29, 0.717) is 24.3 Å². The lowest BCUT2D eigenvalue weighted by Crippen LogP contribution is -2.34. The maximum atomic E-state index is 13.0. The molecule has 2 aromatic carbocycles. The van der Waals surface area contributed by atoms with Gasteiger partial charge in [-0.2, -0.15) is 0 Å². The SMILES string of the molecule is COc1c2c(cc3c1C(CC(=O)Cc1ccc(OC(C)C)cc1)N(C)CC3)OCO2. The summed E-state index contributed by atoms with van der Waals surface area (Å²) in [5, 5.41) is 0. The van der Waals surface area contributed by atoms with Gasteiger partial charge in [-0.1, -0.05) is 12.1 Å². The first-order valence-electron chi connectivity index (χ1n) is 10.4. The molecule has 1 unspecified atom stereocenters. The van der Waals surface area contributed by atoms with Crippen molar-refractivity contribution < 1.29 is 23.7 Å². The molecule has 0 spiro atoms. The minimum atomic E-state index is -0.0470. The summed E-state index contributed by atoms with van der Waals surface area (Å²) in [6.07, 6.45) is 1.84. The molecule has 2 aromatic rings. The van der Waals surface area contributed by atoms with Crippen molar-refractivity contribution in [3.05, 3.63) is 47.0 Å². The van der Waals surface area contributed by atoms with Crippen LogP contribution in [0.3, 0.4) is 0 Å². The Kier molecular flexibility index (Phi) is 5.86. The van der Waals surface area contributed by atoms with Crippen LogP contribution >= 0.6 is 0 Å². The second kappa shape index (κ2) is 8.56. The molecule has 2 aliphatic heterocycles. The molecule has 0 fully saturated rings. The number of likely N-dealkylation sites (N-methyl/N-ethyl adjacent to an activating group) is 1. The molecule has 4 rings (SSSR count). The summed E-state index contributed by atoms with van der Waals surface area (Å²) in [6.45, 7) is 5.08. The maximum absolute atomic E-state index is 13.0. The molecule has 160 valence electrons. The molecule has 1 atom stereocenters. The number of ether oxygens (including phenoxy) is 4. The van der Waals surface area contributed by atoms with E-state index in [1.54, 1.807) is 7.11 Å². The van der Waals surface area contributed by atoms with E-state index in [9.17, 15) is 4.79 Å². The first kappa shape index (κ1) is 20.5. The Morgan fingerprint density at radius 1 is 1.23 bits per heavy atom. The Balaban J connectivity index is 1.53. The van der Waals surface area contributed by atoms with Gasteiger partial charge in [0, 0.05) is 31.0 Å². The number of ketones is 1. The molecule has 0 radical (unpaired) electrons. The monoisotopic (exact) mass is 411 g/mol. The minimum absolute atomic E-state index is 0.0470. The molecule has 0 N–H and O–H groups in total. The van der Waals surface area contributed by atoms with Gasteiger partial charge in [0.25, 0.3) is 0 Å². The van der Waals surface area contributed by atoms with Gasteiger partial charge in [0.15, 0.2) is 11.5 Å². The molecule has 0 amide bonds. The highest BCUT2D eigenvalue weighted by Crippen LogP contribution is 2.50. The largest absolute Gasteiger partial charge is 0.492 e. The molecule has 30 heavy (non-hydrogen) atoms. The molecule has 6 heteroatoms. The van der Waals surface area contributed by atoms with Gasteiger partial charge >= 0.3 is 0 Å². The van der Waals surface area contributed by atoms with Gasteiger partial charge in [-0.3, -0.25) is 9.69 Å². The highest BCUT2D eigenvalue weighted by molar-refractivity contribution is 5.82. The summed E-state index contributed by atoms with van der Waals surface area (Å²) in [5.74, 6) is 3.08. The summed E-state index contributed by atoms with van der Waals surface area (Å²) in [4.78, 5) is 15.2. The van der Waals surface area contributed by atoms with Crippen molar-refractivity contribution in [1.82, 2.24) is 4.90 Å². The van der Waals surface area contributed by atoms with E-state index in [2.05, 4.69) is 11.9 Å². The van der Waals surface area contributed by atoms with E-state index in [0.717, 1.165) is 35.6 Å². The molecular formula is C24H29NO5. The van der Waals surface area contributed by atoms with E-state index in [1.165, 1.54) is 5.56 Å². The lowest BCUT2D eigenvalue weighted by Gasteiger charge is -2.35. The predicted molar refractivity (Wildman–Crippen MR) is 114 cm³/mol. The Bertz CT molecular complexity index is 922. The van der Waals surface area contributed by atoms with Gasteiger partial charge in [-0.15, -0.1) is 0 Å². The number of hydrogen-bond donors (Lipinski definition) is 0. The third-order valence-corrected chi connectivity index (χ3v) is 5.66. The quantitative estimate of drug-likeness (QED) is 0.688. The van der Waals surface area contributed by atoms with Crippen LogP contribution in [0.15, 0.2) is 30.3 Å². The number of benzene rings is 2. The Labute approximate surface area is 177 Å². The van der Waals surface area contributed by atoms with E-state index in [1.807, 2.05) is 44.2 Å². The van der Waals surface area contributed by atoms with E-state index >= 15 is 0 Å². The maximum Gasteiger partial charge on any atom is 0.231 e.